The molecular formula is C18H17ClFNO4. The fraction of sp³-hybridized carbons (Fsp3) is 0.278. The smallest absolute Gasteiger partial charge is 0.246 e. The van der Waals surface area contributed by atoms with Crippen molar-refractivity contribution in [2.75, 3.05) is 20.3 Å². The van der Waals surface area contributed by atoms with Gasteiger partial charge in [-0.2, -0.15) is 0 Å². The number of ether oxygens (including phenoxy) is 3. The summed E-state index contributed by atoms with van der Waals surface area (Å²) in [5, 5.41) is 3.02. The number of hydrogen-bond acceptors (Lipinski definition) is 4. The van der Waals surface area contributed by atoms with Gasteiger partial charge >= 0.3 is 0 Å². The van der Waals surface area contributed by atoms with Crippen LogP contribution in [-0.4, -0.2) is 26.2 Å². The van der Waals surface area contributed by atoms with Gasteiger partial charge in [0.25, 0.3) is 0 Å². The van der Waals surface area contributed by atoms with E-state index in [9.17, 15) is 9.18 Å². The van der Waals surface area contributed by atoms with Crippen LogP contribution in [-0.2, 0) is 16.1 Å². The van der Waals surface area contributed by atoms with Crippen LogP contribution < -0.4 is 14.8 Å². The first kappa shape index (κ1) is 17.5. The Balaban J connectivity index is 1.82. The lowest BCUT2D eigenvalue weighted by molar-refractivity contribution is -0.131. The first-order valence-electron chi connectivity index (χ1n) is 7.68. The lowest BCUT2D eigenvalue weighted by Crippen LogP contribution is -2.40. The molecule has 0 aliphatic carbocycles. The zero-order chi connectivity index (χ0) is 17.8. The summed E-state index contributed by atoms with van der Waals surface area (Å²) < 4.78 is 29.9. The van der Waals surface area contributed by atoms with Crippen molar-refractivity contribution in [3.63, 3.8) is 0 Å². The second kappa shape index (κ2) is 7.72. The number of carbonyl (C=O) groups excluding carboxylic acids is 1. The Morgan fingerprint density at radius 3 is 2.68 bits per heavy atom. The Labute approximate surface area is 149 Å². The van der Waals surface area contributed by atoms with Gasteiger partial charge in [0.1, 0.15) is 30.5 Å². The van der Waals surface area contributed by atoms with Crippen molar-refractivity contribution in [2.45, 2.75) is 12.6 Å². The fourth-order valence-electron chi connectivity index (χ4n) is 2.63. The number of benzene rings is 2. The average molecular weight is 366 g/mol. The van der Waals surface area contributed by atoms with Gasteiger partial charge in [-0.25, -0.2) is 4.39 Å². The van der Waals surface area contributed by atoms with Gasteiger partial charge in [0.2, 0.25) is 5.91 Å². The molecule has 132 valence electrons. The maximum Gasteiger partial charge on any atom is 0.246 e. The molecule has 0 aromatic heterocycles. The van der Waals surface area contributed by atoms with Crippen LogP contribution in [0, 0.1) is 5.82 Å². The Hall–Kier alpha value is -2.31. The molecule has 1 aliphatic rings. The van der Waals surface area contributed by atoms with Crippen molar-refractivity contribution in [1.82, 2.24) is 5.32 Å². The van der Waals surface area contributed by atoms with Crippen LogP contribution in [0.25, 0.3) is 0 Å². The first-order valence-corrected chi connectivity index (χ1v) is 8.06. The second-order valence-electron chi connectivity index (χ2n) is 5.55. The number of hydrogen-bond donors (Lipinski definition) is 1. The summed E-state index contributed by atoms with van der Waals surface area (Å²) in [6.07, 6.45) is 0. The summed E-state index contributed by atoms with van der Waals surface area (Å²) in [7, 11) is 1.58. The molecule has 0 saturated carbocycles. The summed E-state index contributed by atoms with van der Waals surface area (Å²) >= 11 is 6.21. The van der Waals surface area contributed by atoms with Gasteiger partial charge in [0, 0.05) is 5.56 Å². The topological polar surface area (TPSA) is 56.8 Å². The van der Waals surface area contributed by atoms with Gasteiger partial charge in [0.15, 0.2) is 0 Å². The molecule has 5 nitrogen and oxygen atoms in total. The van der Waals surface area contributed by atoms with E-state index in [2.05, 4.69) is 5.32 Å². The first-order chi connectivity index (χ1) is 12.1. The number of methoxy groups -OCH3 is 1. The highest BCUT2D eigenvalue weighted by Crippen LogP contribution is 2.29. The molecule has 1 saturated heterocycles. The second-order valence-corrected chi connectivity index (χ2v) is 5.96. The van der Waals surface area contributed by atoms with E-state index in [1.54, 1.807) is 31.4 Å². The molecule has 0 radical (unpaired) electrons. The molecule has 1 fully saturated rings. The standard InChI is InChI=1S/C18H17ClFNO4/c1-23-12-2-4-13(5-3-12)25-8-15-14(6-11(20)7-16(15)19)17-9-24-10-18(22)21-17/h2-7,17H,8-10H2,1H3,(H,21,22)/t17-/m0/s1. The quantitative estimate of drug-likeness (QED) is 0.883. The minimum Gasteiger partial charge on any atom is -0.497 e. The van der Waals surface area contributed by atoms with Gasteiger partial charge in [-0.1, -0.05) is 11.6 Å². The van der Waals surface area contributed by atoms with E-state index in [4.69, 9.17) is 25.8 Å². The van der Waals surface area contributed by atoms with E-state index >= 15 is 0 Å². The molecule has 1 amide bonds. The fourth-order valence-corrected chi connectivity index (χ4v) is 2.90. The van der Waals surface area contributed by atoms with Crippen molar-refractivity contribution in [3.05, 3.63) is 58.4 Å². The molecule has 25 heavy (non-hydrogen) atoms. The Morgan fingerprint density at radius 2 is 2.00 bits per heavy atom. The monoisotopic (exact) mass is 365 g/mol. The van der Waals surface area contributed by atoms with Crippen LogP contribution in [0.15, 0.2) is 36.4 Å². The third-order valence-corrected chi connectivity index (χ3v) is 4.20. The summed E-state index contributed by atoms with van der Waals surface area (Å²) in [5.74, 6) is 0.609. The molecule has 1 N–H and O–H groups in total. The zero-order valence-corrected chi connectivity index (χ0v) is 14.3. The van der Waals surface area contributed by atoms with Crippen LogP contribution >= 0.6 is 11.6 Å². The zero-order valence-electron chi connectivity index (χ0n) is 13.6. The van der Waals surface area contributed by atoms with Crippen molar-refractivity contribution in [3.8, 4) is 11.5 Å². The molecule has 1 heterocycles. The molecule has 0 spiro atoms. The Morgan fingerprint density at radius 1 is 1.28 bits per heavy atom. The average Bonchev–Trinajstić information content (AvgIpc) is 2.61. The third-order valence-electron chi connectivity index (χ3n) is 3.87. The number of morpholine rings is 1. The highest BCUT2D eigenvalue weighted by molar-refractivity contribution is 6.31. The van der Waals surface area contributed by atoms with Crippen LogP contribution in [0.1, 0.15) is 17.2 Å². The molecule has 0 unspecified atom stereocenters. The summed E-state index contributed by atoms with van der Waals surface area (Å²) in [4.78, 5) is 11.6. The lowest BCUT2D eigenvalue weighted by atomic mass is 10.00. The maximum absolute atomic E-state index is 13.8. The summed E-state index contributed by atoms with van der Waals surface area (Å²) in [6, 6.07) is 9.18. The van der Waals surface area contributed by atoms with Crippen molar-refractivity contribution >= 4 is 17.5 Å². The number of rotatable bonds is 5. The van der Waals surface area contributed by atoms with Crippen molar-refractivity contribution in [2.24, 2.45) is 0 Å². The Kier molecular flexibility index (Phi) is 5.40. The predicted molar refractivity (Wildman–Crippen MR) is 90.4 cm³/mol. The number of nitrogens with one attached hydrogen (secondary N) is 1. The third kappa shape index (κ3) is 4.21. The van der Waals surface area contributed by atoms with Gasteiger partial charge < -0.3 is 19.5 Å². The SMILES string of the molecule is COc1ccc(OCc2c(Cl)cc(F)cc2[C@@H]2COCC(=O)N2)cc1. The molecule has 0 bridgehead atoms. The normalized spacial score (nSPS) is 17.1. The molecule has 3 rings (SSSR count). The highest BCUT2D eigenvalue weighted by atomic mass is 35.5. The molecule has 2 aromatic carbocycles. The highest BCUT2D eigenvalue weighted by Gasteiger charge is 2.25. The van der Waals surface area contributed by atoms with Crippen LogP contribution in [0.2, 0.25) is 5.02 Å². The lowest BCUT2D eigenvalue weighted by Gasteiger charge is -2.26. The maximum atomic E-state index is 13.8. The summed E-state index contributed by atoms with van der Waals surface area (Å²) in [6.45, 7) is 0.380. The van der Waals surface area contributed by atoms with Gasteiger partial charge in [-0.3, -0.25) is 4.79 Å². The summed E-state index contributed by atoms with van der Waals surface area (Å²) in [5.41, 5.74) is 1.15. The van der Waals surface area contributed by atoms with Gasteiger partial charge in [-0.05, 0) is 42.0 Å². The molecule has 1 atom stereocenters. The van der Waals surface area contributed by atoms with Crippen LogP contribution in [0.4, 0.5) is 4.39 Å². The van der Waals surface area contributed by atoms with E-state index in [1.807, 2.05) is 0 Å². The molecule has 1 aliphatic heterocycles. The van der Waals surface area contributed by atoms with E-state index in [1.165, 1.54) is 12.1 Å². The number of halogens is 2. The van der Waals surface area contributed by atoms with Crippen molar-refractivity contribution in [1.29, 1.82) is 0 Å². The van der Waals surface area contributed by atoms with Crippen molar-refractivity contribution < 1.29 is 23.4 Å². The molecule has 7 heteroatoms. The van der Waals surface area contributed by atoms with E-state index in [0.717, 1.165) is 5.75 Å². The number of carbonyl (C=O) groups is 1. The van der Waals surface area contributed by atoms with Gasteiger partial charge in [0.05, 0.1) is 24.8 Å². The van der Waals surface area contributed by atoms with E-state index < -0.39 is 11.9 Å². The predicted octanol–water partition coefficient (Wildman–Crippen LogP) is 3.25. The van der Waals surface area contributed by atoms with E-state index in [-0.39, 0.29) is 30.8 Å². The largest absolute Gasteiger partial charge is 0.497 e. The van der Waals surface area contributed by atoms with Crippen LogP contribution in [0.3, 0.4) is 0 Å². The molecular weight excluding hydrogens is 349 g/mol. The molecule has 2 aromatic rings. The van der Waals surface area contributed by atoms with Gasteiger partial charge in [-0.15, -0.1) is 0 Å². The Bertz CT molecular complexity index is 766. The van der Waals surface area contributed by atoms with E-state index in [0.29, 0.717) is 16.9 Å². The number of amides is 1. The van der Waals surface area contributed by atoms with Crippen LogP contribution in [0.5, 0.6) is 11.5 Å². The minimum absolute atomic E-state index is 0.00275. The minimum atomic E-state index is -0.479.